The van der Waals surface area contributed by atoms with E-state index in [9.17, 15) is 14.7 Å². The van der Waals surface area contributed by atoms with Crippen LogP contribution in [0.1, 0.15) is 49.5 Å². The van der Waals surface area contributed by atoms with E-state index in [0.29, 0.717) is 49.0 Å². The maximum absolute atomic E-state index is 13.6. The zero-order chi connectivity index (χ0) is 35.0. The van der Waals surface area contributed by atoms with E-state index in [1.165, 1.54) is 29.8 Å². The van der Waals surface area contributed by atoms with Crippen molar-refractivity contribution in [3.63, 3.8) is 0 Å². The number of thiophene rings is 2. The van der Waals surface area contributed by atoms with Crippen molar-refractivity contribution in [3.05, 3.63) is 96.0 Å². The number of hydrogen-bond donors (Lipinski definition) is 2. The smallest absolute Gasteiger partial charge is 0.348 e. The summed E-state index contributed by atoms with van der Waals surface area (Å²) in [6.07, 6.45) is 4.56. The number of methoxy groups -OCH3 is 2. The Kier molecular flexibility index (Phi) is 12.9. The number of esters is 2. The SMILES string of the molecule is COc1ccc([C@H](Cc2c(Cl)c[nH+]cc2Cl)OC(=O)c2ccc(CNC(CO)(C(=O)OCC3CCN(C)CC3)c3cccs3)s2)cc1OC. The summed E-state index contributed by atoms with van der Waals surface area (Å²) in [5.74, 6) is 0.216. The lowest BCUT2D eigenvalue weighted by Crippen LogP contribution is -2.52. The highest BCUT2D eigenvalue weighted by Crippen LogP contribution is 2.36. The summed E-state index contributed by atoms with van der Waals surface area (Å²) in [5, 5.41) is 16.6. The number of aliphatic hydroxyl groups excluding tert-OH is 1. The Labute approximate surface area is 303 Å². The number of aromatic nitrogens is 1. The van der Waals surface area contributed by atoms with Crippen LogP contribution in [0.25, 0.3) is 0 Å². The summed E-state index contributed by atoms with van der Waals surface area (Å²) in [7, 11) is 5.16. The number of aromatic amines is 1. The van der Waals surface area contributed by atoms with Crippen LogP contribution in [-0.4, -0.2) is 69.5 Å². The lowest BCUT2D eigenvalue weighted by atomic mass is 9.96. The minimum Gasteiger partial charge on any atom is -0.493 e. The standard InChI is InChI=1S/C35H39Cl2N3O7S2/c1-40-12-10-22(11-13-40)20-46-34(43)35(21-41,32-5-4-14-48-32)39-17-24-7-9-31(49-24)33(42)47-29(16-25-26(36)18-38-19-27(25)37)23-6-8-28(44-2)30(15-23)45-3/h4-9,14-15,18-19,22,29,39,41H,10-13,16-17,20-21H2,1-3H3/p+1/t29-,35?/m0/s1. The first-order valence-corrected chi connectivity index (χ1v) is 18.2. The van der Waals surface area contributed by atoms with Crippen molar-refractivity contribution in [2.45, 2.75) is 37.5 Å². The van der Waals surface area contributed by atoms with Crippen LogP contribution in [-0.2, 0) is 32.8 Å². The van der Waals surface area contributed by atoms with Gasteiger partial charge in [-0.05, 0) is 80.2 Å². The summed E-state index contributed by atoms with van der Waals surface area (Å²) in [4.78, 5) is 34.2. The van der Waals surface area contributed by atoms with Crippen molar-refractivity contribution in [1.82, 2.24) is 10.2 Å². The lowest BCUT2D eigenvalue weighted by molar-refractivity contribution is -0.377. The first-order valence-electron chi connectivity index (χ1n) is 15.8. The minimum atomic E-state index is -1.45. The predicted molar refractivity (Wildman–Crippen MR) is 190 cm³/mol. The quantitative estimate of drug-likeness (QED) is 0.142. The van der Waals surface area contributed by atoms with Gasteiger partial charge in [-0.25, -0.2) is 14.6 Å². The first-order chi connectivity index (χ1) is 23.7. The zero-order valence-corrected chi connectivity index (χ0v) is 30.6. The predicted octanol–water partition coefficient (Wildman–Crippen LogP) is 5.95. The second kappa shape index (κ2) is 17.1. The number of aliphatic hydroxyl groups is 1. The van der Waals surface area contributed by atoms with Gasteiger partial charge in [0.15, 0.2) is 29.4 Å². The summed E-state index contributed by atoms with van der Waals surface area (Å²) in [6, 6.07) is 12.4. The van der Waals surface area contributed by atoms with Gasteiger partial charge in [0.25, 0.3) is 0 Å². The number of carbonyl (C=O) groups excluding carboxylic acids is 2. The number of carbonyl (C=O) groups is 2. The van der Waals surface area contributed by atoms with Crippen molar-refractivity contribution in [2.75, 3.05) is 47.6 Å². The van der Waals surface area contributed by atoms with Gasteiger partial charge in [-0.3, -0.25) is 5.32 Å². The molecule has 5 rings (SSSR count). The third-order valence-corrected chi connectivity index (χ3v) is 11.4. The van der Waals surface area contributed by atoms with Gasteiger partial charge in [0.05, 0.1) is 27.4 Å². The zero-order valence-electron chi connectivity index (χ0n) is 27.5. The Morgan fingerprint density at radius 3 is 2.47 bits per heavy atom. The van der Waals surface area contributed by atoms with Crippen LogP contribution >= 0.6 is 45.9 Å². The van der Waals surface area contributed by atoms with Gasteiger partial charge in [-0.15, -0.1) is 22.7 Å². The highest BCUT2D eigenvalue weighted by molar-refractivity contribution is 7.14. The Morgan fingerprint density at radius 1 is 1.08 bits per heavy atom. The number of piperidine rings is 1. The van der Waals surface area contributed by atoms with Gasteiger partial charge in [0.2, 0.25) is 0 Å². The largest absolute Gasteiger partial charge is 0.493 e. The fraction of sp³-hybridized carbons (Fsp3) is 0.400. The Hall–Kier alpha value is -3.23. The molecule has 0 amide bonds. The minimum absolute atomic E-state index is 0.199. The van der Waals surface area contributed by atoms with Gasteiger partial charge in [-0.2, -0.15) is 0 Å². The molecule has 0 aliphatic carbocycles. The van der Waals surface area contributed by atoms with Crippen LogP contribution in [0.2, 0.25) is 10.0 Å². The van der Waals surface area contributed by atoms with E-state index in [4.69, 9.17) is 42.1 Å². The fourth-order valence-corrected chi connectivity index (χ4v) is 7.92. The number of nitrogens with one attached hydrogen (secondary N) is 2. The molecule has 4 heterocycles. The third kappa shape index (κ3) is 8.93. The number of hydrogen-bond acceptors (Lipinski definition) is 11. The maximum atomic E-state index is 13.6. The number of pyridine rings is 1. The van der Waals surface area contributed by atoms with E-state index in [2.05, 4.69) is 22.2 Å². The molecule has 1 fully saturated rings. The molecule has 1 aliphatic rings. The number of halogens is 2. The Balaban J connectivity index is 1.32. The third-order valence-electron chi connectivity index (χ3n) is 8.66. The number of benzene rings is 1. The second-order valence-corrected chi connectivity index (χ2v) is 14.8. The van der Waals surface area contributed by atoms with Gasteiger partial charge >= 0.3 is 11.9 Å². The van der Waals surface area contributed by atoms with Crippen LogP contribution in [0.3, 0.4) is 0 Å². The summed E-state index contributed by atoms with van der Waals surface area (Å²) < 4.78 is 22.8. The van der Waals surface area contributed by atoms with Crippen LogP contribution in [0, 0.1) is 5.92 Å². The molecule has 2 atom stereocenters. The molecule has 0 radical (unpaired) electrons. The molecule has 0 saturated carbocycles. The highest BCUT2D eigenvalue weighted by Gasteiger charge is 2.43. The lowest BCUT2D eigenvalue weighted by Gasteiger charge is -2.32. The van der Waals surface area contributed by atoms with Crippen molar-refractivity contribution in [3.8, 4) is 11.5 Å². The van der Waals surface area contributed by atoms with Crippen molar-refractivity contribution in [1.29, 1.82) is 0 Å². The Bertz CT molecular complexity index is 1690. The molecule has 0 spiro atoms. The van der Waals surface area contributed by atoms with E-state index in [1.807, 2.05) is 11.4 Å². The topological polar surface area (TPSA) is 121 Å². The van der Waals surface area contributed by atoms with Gasteiger partial charge in [0.1, 0.15) is 21.0 Å². The van der Waals surface area contributed by atoms with Gasteiger partial charge in [0, 0.05) is 28.3 Å². The monoisotopic (exact) mass is 748 g/mol. The summed E-state index contributed by atoms with van der Waals surface area (Å²) >= 11 is 15.5. The van der Waals surface area contributed by atoms with E-state index in [1.54, 1.807) is 55.9 Å². The van der Waals surface area contributed by atoms with Crippen LogP contribution in [0.5, 0.6) is 11.5 Å². The number of likely N-dealkylation sites (tertiary alicyclic amines) is 1. The average Bonchev–Trinajstić information content (AvgIpc) is 3.83. The molecule has 4 aromatic rings. The normalized spacial score (nSPS) is 15.7. The van der Waals surface area contributed by atoms with Crippen molar-refractivity contribution < 1.29 is 38.6 Å². The molecular weight excluding hydrogens is 709 g/mol. The van der Waals surface area contributed by atoms with Crippen molar-refractivity contribution in [2.24, 2.45) is 5.92 Å². The molecule has 1 aromatic carbocycles. The number of nitrogens with zero attached hydrogens (tertiary/aromatic N) is 1. The fourth-order valence-electron chi connectivity index (χ4n) is 5.67. The molecule has 3 N–H and O–H groups in total. The second-order valence-electron chi connectivity index (χ2n) is 11.8. The van der Waals surface area contributed by atoms with Crippen LogP contribution in [0.15, 0.2) is 60.2 Å². The average molecular weight is 750 g/mol. The molecule has 3 aromatic heterocycles. The summed E-state index contributed by atoms with van der Waals surface area (Å²) in [5.41, 5.74) is -0.178. The molecule has 10 nitrogen and oxygen atoms in total. The maximum Gasteiger partial charge on any atom is 0.348 e. The van der Waals surface area contributed by atoms with E-state index >= 15 is 0 Å². The number of ether oxygens (including phenoxy) is 4. The van der Waals surface area contributed by atoms with Crippen LogP contribution < -0.4 is 19.8 Å². The van der Waals surface area contributed by atoms with E-state index < -0.39 is 30.2 Å². The van der Waals surface area contributed by atoms with E-state index in [0.717, 1.165) is 30.8 Å². The van der Waals surface area contributed by atoms with Crippen molar-refractivity contribution >= 4 is 57.8 Å². The molecule has 1 unspecified atom stereocenters. The molecular formula is C35H40Cl2N3O7S2+. The molecule has 1 saturated heterocycles. The molecule has 49 heavy (non-hydrogen) atoms. The molecule has 14 heteroatoms. The number of rotatable bonds is 15. The first kappa shape index (κ1) is 37.0. The summed E-state index contributed by atoms with van der Waals surface area (Å²) in [6.45, 7) is 1.93. The van der Waals surface area contributed by atoms with E-state index in [-0.39, 0.29) is 18.9 Å². The van der Waals surface area contributed by atoms with Crippen LogP contribution in [0.4, 0.5) is 0 Å². The Morgan fingerprint density at radius 2 is 1.82 bits per heavy atom. The van der Waals surface area contributed by atoms with Gasteiger partial charge < -0.3 is 29.0 Å². The molecule has 1 aliphatic heterocycles. The van der Waals surface area contributed by atoms with Gasteiger partial charge in [-0.1, -0.05) is 35.3 Å². The molecule has 0 bridgehead atoms. The number of H-pyrrole nitrogens is 1. The highest BCUT2D eigenvalue weighted by atomic mass is 35.5. The molecule has 262 valence electrons.